The molecule has 0 aliphatic carbocycles. The van der Waals surface area contributed by atoms with Crippen LogP contribution in [0.15, 0.2) is 30.3 Å². The van der Waals surface area contributed by atoms with Crippen molar-refractivity contribution in [2.45, 2.75) is 0 Å². The SMILES string of the molecule is COc1ccc(Cl)c2sc(N(CCN3CCOCC3)C(=O)c3cc(Cl)cc(Cl)c3)nc12. The number of thiazole rings is 1. The number of hydrogen-bond acceptors (Lipinski definition) is 6. The van der Waals surface area contributed by atoms with Crippen molar-refractivity contribution in [3.05, 3.63) is 51.0 Å². The molecule has 6 nitrogen and oxygen atoms in total. The van der Waals surface area contributed by atoms with Crippen molar-refractivity contribution in [3.63, 3.8) is 0 Å². The molecule has 2 aromatic carbocycles. The lowest BCUT2D eigenvalue weighted by Gasteiger charge is -2.29. The van der Waals surface area contributed by atoms with Crippen molar-refractivity contribution in [2.24, 2.45) is 0 Å². The van der Waals surface area contributed by atoms with E-state index in [2.05, 4.69) is 4.90 Å². The summed E-state index contributed by atoms with van der Waals surface area (Å²) in [6, 6.07) is 8.35. The van der Waals surface area contributed by atoms with Gasteiger partial charge in [0, 0.05) is 41.8 Å². The molecule has 1 amide bonds. The molecule has 1 saturated heterocycles. The predicted molar refractivity (Wildman–Crippen MR) is 127 cm³/mol. The van der Waals surface area contributed by atoms with Crippen LogP contribution in [0.25, 0.3) is 10.2 Å². The Labute approximate surface area is 199 Å². The maximum atomic E-state index is 13.5. The Morgan fingerprint density at radius 2 is 1.90 bits per heavy atom. The molecule has 2 heterocycles. The van der Waals surface area contributed by atoms with Crippen LogP contribution in [0, 0.1) is 0 Å². The number of carbonyl (C=O) groups is 1. The van der Waals surface area contributed by atoms with Crippen LogP contribution in [0.4, 0.5) is 5.13 Å². The van der Waals surface area contributed by atoms with Crippen molar-refractivity contribution >= 4 is 67.4 Å². The van der Waals surface area contributed by atoms with E-state index < -0.39 is 0 Å². The third-order valence-corrected chi connectivity index (χ3v) is 6.97. The van der Waals surface area contributed by atoms with E-state index in [1.54, 1.807) is 42.3 Å². The van der Waals surface area contributed by atoms with Gasteiger partial charge in [0.2, 0.25) is 0 Å². The van der Waals surface area contributed by atoms with Gasteiger partial charge in [-0.2, -0.15) is 0 Å². The van der Waals surface area contributed by atoms with E-state index in [0.29, 0.717) is 63.3 Å². The quantitative estimate of drug-likeness (QED) is 0.463. The highest BCUT2D eigenvalue weighted by Crippen LogP contribution is 2.39. The first-order valence-corrected chi connectivity index (χ1v) is 11.6. The number of carbonyl (C=O) groups excluding carboxylic acids is 1. The third-order valence-electron chi connectivity index (χ3n) is 5.00. The molecule has 1 aliphatic rings. The van der Waals surface area contributed by atoms with Gasteiger partial charge in [-0.1, -0.05) is 46.1 Å². The number of rotatable bonds is 6. The maximum absolute atomic E-state index is 13.5. The Bertz CT molecular complexity index is 1080. The minimum atomic E-state index is -0.230. The summed E-state index contributed by atoms with van der Waals surface area (Å²) >= 11 is 20.0. The van der Waals surface area contributed by atoms with E-state index >= 15 is 0 Å². The molecule has 1 fully saturated rings. The van der Waals surface area contributed by atoms with Crippen LogP contribution in [-0.2, 0) is 4.74 Å². The van der Waals surface area contributed by atoms with Gasteiger partial charge < -0.3 is 9.47 Å². The Balaban J connectivity index is 1.71. The van der Waals surface area contributed by atoms with Crippen molar-refractivity contribution in [3.8, 4) is 5.75 Å². The maximum Gasteiger partial charge on any atom is 0.260 e. The molecule has 31 heavy (non-hydrogen) atoms. The zero-order chi connectivity index (χ0) is 22.0. The molecule has 164 valence electrons. The van der Waals surface area contributed by atoms with Gasteiger partial charge in [0.1, 0.15) is 11.3 Å². The molecule has 0 radical (unpaired) electrons. The number of fused-ring (bicyclic) bond motifs is 1. The van der Waals surface area contributed by atoms with Crippen LogP contribution in [0.3, 0.4) is 0 Å². The van der Waals surface area contributed by atoms with Gasteiger partial charge in [0.15, 0.2) is 5.13 Å². The molecule has 0 atom stereocenters. The minimum Gasteiger partial charge on any atom is -0.494 e. The van der Waals surface area contributed by atoms with Crippen molar-refractivity contribution < 1.29 is 14.3 Å². The first-order valence-electron chi connectivity index (χ1n) is 9.67. The Morgan fingerprint density at radius 3 is 2.58 bits per heavy atom. The largest absolute Gasteiger partial charge is 0.494 e. The van der Waals surface area contributed by atoms with Gasteiger partial charge in [-0.15, -0.1) is 0 Å². The van der Waals surface area contributed by atoms with E-state index in [1.807, 2.05) is 0 Å². The van der Waals surface area contributed by atoms with Gasteiger partial charge >= 0.3 is 0 Å². The first kappa shape index (κ1) is 22.6. The highest BCUT2D eigenvalue weighted by molar-refractivity contribution is 7.23. The fraction of sp³-hybridized carbons (Fsp3) is 0.333. The van der Waals surface area contributed by atoms with E-state index in [9.17, 15) is 4.79 Å². The number of hydrogen-bond donors (Lipinski definition) is 0. The highest BCUT2D eigenvalue weighted by Gasteiger charge is 2.25. The molecule has 0 bridgehead atoms. The lowest BCUT2D eigenvalue weighted by Crippen LogP contribution is -2.43. The number of methoxy groups -OCH3 is 1. The van der Waals surface area contributed by atoms with Crippen LogP contribution in [0.1, 0.15) is 10.4 Å². The van der Waals surface area contributed by atoms with Crippen LogP contribution >= 0.6 is 46.1 Å². The standard InChI is InChI=1S/C21H20Cl3N3O3S/c1-29-17-3-2-16(24)19-18(17)25-21(31-19)27(5-4-26-6-8-30-9-7-26)20(28)13-10-14(22)12-15(23)11-13/h2-3,10-12H,4-9H2,1H3. The van der Waals surface area contributed by atoms with Crippen LogP contribution in [0.2, 0.25) is 15.1 Å². The second-order valence-electron chi connectivity index (χ2n) is 6.99. The molecule has 1 aromatic heterocycles. The normalized spacial score (nSPS) is 14.7. The molecular formula is C21H20Cl3N3O3S. The molecule has 4 rings (SSSR count). The summed E-state index contributed by atoms with van der Waals surface area (Å²) in [5.41, 5.74) is 1.03. The van der Waals surface area contributed by atoms with E-state index in [0.717, 1.165) is 17.8 Å². The molecule has 1 aliphatic heterocycles. The van der Waals surface area contributed by atoms with Gasteiger partial charge in [-0.25, -0.2) is 4.98 Å². The Hall–Kier alpha value is -1.61. The average Bonchev–Trinajstić information content (AvgIpc) is 3.20. The molecule has 10 heteroatoms. The number of morpholine rings is 1. The van der Waals surface area contributed by atoms with Crippen LogP contribution < -0.4 is 9.64 Å². The highest BCUT2D eigenvalue weighted by atomic mass is 35.5. The minimum absolute atomic E-state index is 0.230. The zero-order valence-corrected chi connectivity index (χ0v) is 19.8. The smallest absolute Gasteiger partial charge is 0.260 e. The van der Waals surface area contributed by atoms with E-state index in [4.69, 9.17) is 49.3 Å². The van der Waals surface area contributed by atoms with Gasteiger partial charge in [-0.05, 0) is 30.3 Å². The molecule has 0 saturated carbocycles. The topological polar surface area (TPSA) is 54.9 Å². The second-order valence-corrected chi connectivity index (χ2v) is 9.25. The summed E-state index contributed by atoms with van der Waals surface area (Å²) in [5.74, 6) is 0.375. The van der Waals surface area contributed by atoms with Crippen molar-refractivity contribution in [1.29, 1.82) is 0 Å². The van der Waals surface area contributed by atoms with E-state index in [-0.39, 0.29) is 5.91 Å². The second kappa shape index (κ2) is 9.90. The molecule has 0 unspecified atom stereocenters. The lowest BCUT2D eigenvalue weighted by atomic mass is 10.2. The molecule has 3 aromatic rings. The number of nitrogens with zero attached hydrogens (tertiary/aromatic N) is 3. The average molecular weight is 501 g/mol. The Kier molecular flexibility index (Phi) is 7.21. The van der Waals surface area contributed by atoms with Crippen molar-refractivity contribution in [2.75, 3.05) is 51.4 Å². The summed E-state index contributed by atoms with van der Waals surface area (Å²) in [6.45, 7) is 4.15. The number of benzene rings is 2. The lowest BCUT2D eigenvalue weighted by molar-refractivity contribution is 0.0391. The van der Waals surface area contributed by atoms with Crippen LogP contribution in [0.5, 0.6) is 5.75 Å². The third kappa shape index (κ3) is 5.08. The van der Waals surface area contributed by atoms with Gasteiger partial charge in [0.05, 0.1) is 30.0 Å². The number of aromatic nitrogens is 1. The molecule has 0 N–H and O–H groups in total. The fourth-order valence-electron chi connectivity index (χ4n) is 3.40. The Morgan fingerprint density at radius 1 is 1.19 bits per heavy atom. The molecular weight excluding hydrogens is 481 g/mol. The van der Waals surface area contributed by atoms with Gasteiger partial charge in [-0.3, -0.25) is 14.6 Å². The number of ether oxygens (including phenoxy) is 2. The summed E-state index contributed by atoms with van der Waals surface area (Å²) in [6.07, 6.45) is 0. The first-order chi connectivity index (χ1) is 15.0. The number of anilines is 1. The summed E-state index contributed by atoms with van der Waals surface area (Å²) < 4.78 is 11.6. The van der Waals surface area contributed by atoms with E-state index in [1.165, 1.54) is 11.3 Å². The van der Waals surface area contributed by atoms with Gasteiger partial charge in [0.25, 0.3) is 5.91 Å². The summed E-state index contributed by atoms with van der Waals surface area (Å²) in [7, 11) is 1.58. The summed E-state index contributed by atoms with van der Waals surface area (Å²) in [5, 5.41) is 1.90. The number of halogens is 3. The molecule has 0 spiro atoms. The predicted octanol–water partition coefficient (Wildman–Crippen LogP) is 5.24. The van der Waals surface area contributed by atoms with Crippen molar-refractivity contribution in [1.82, 2.24) is 9.88 Å². The number of amides is 1. The monoisotopic (exact) mass is 499 g/mol. The zero-order valence-electron chi connectivity index (χ0n) is 16.7. The van der Waals surface area contributed by atoms with Crippen LogP contribution in [-0.4, -0.2) is 62.3 Å². The fourth-order valence-corrected chi connectivity index (χ4v) is 5.21. The summed E-state index contributed by atoms with van der Waals surface area (Å²) in [4.78, 5) is 22.1.